The largest absolute Gasteiger partial charge is 0.300 e. The molecule has 1 aromatic carbocycles. The molecule has 1 atom stereocenters. The van der Waals surface area contributed by atoms with Crippen molar-refractivity contribution in [1.82, 2.24) is 4.90 Å². The lowest BCUT2D eigenvalue weighted by atomic mass is 9.88. The number of rotatable bonds is 2. The molecule has 1 nitrogen and oxygen atoms in total. The first-order valence-electron chi connectivity index (χ1n) is 8.18. The van der Waals surface area contributed by atoms with Gasteiger partial charge in [-0.25, -0.2) is 0 Å². The molecule has 0 N–H and O–H groups in total. The van der Waals surface area contributed by atoms with Crippen LogP contribution in [0.15, 0.2) is 61.0 Å². The average molecular weight is 424 g/mol. The van der Waals surface area contributed by atoms with Gasteiger partial charge in [0.1, 0.15) is 0 Å². The van der Waals surface area contributed by atoms with Crippen molar-refractivity contribution in [2.45, 2.75) is 12.5 Å². The standard InChI is InChI=1S/C16H14ClNS2.C4H6.CH3Cl/c1-18-7-12(11-6-16(17)20-15(11)8-18)13-9-19-14-5-3-2-4-10(13)14;1-3-4-2;1-2/h2-6,9,12H,7-8H2,1H3;3-4H,1-2H2;1H3. The van der Waals surface area contributed by atoms with Crippen LogP contribution < -0.4 is 0 Å². The van der Waals surface area contributed by atoms with Gasteiger partial charge >= 0.3 is 0 Å². The normalized spacial score (nSPS) is 15.9. The van der Waals surface area contributed by atoms with Crippen LogP contribution in [0.4, 0.5) is 0 Å². The number of halogens is 2. The van der Waals surface area contributed by atoms with E-state index in [4.69, 9.17) is 11.6 Å². The second-order valence-corrected chi connectivity index (χ2v) is 8.52. The number of allylic oxidation sites excluding steroid dienone is 2. The van der Waals surface area contributed by atoms with Gasteiger partial charge in [0.15, 0.2) is 0 Å². The van der Waals surface area contributed by atoms with Crippen LogP contribution in [0, 0.1) is 0 Å². The van der Waals surface area contributed by atoms with E-state index in [1.807, 2.05) is 11.3 Å². The molecule has 0 radical (unpaired) electrons. The SMILES string of the molecule is C=CC=C.CCl.CN1Cc2sc(Cl)cc2C(c2csc3ccccc23)C1. The van der Waals surface area contributed by atoms with Crippen molar-refractivity contribution in [1.29, 1.82) is 0 Å². The van der Waals surface area contributed by atoms with E-state index in [2.05, 4.69) is 72.4 Å². The van der Waals surface area contributed by atoms with Gasteiger partial charge in [0, 0.05) is 35.0 Å². The van der Waals surface area contributed by atoms with E-state index in [0.29, 0.717) is 5.92 Å². The Hall–Kier alpha value is -1.10. The van der Waals surface area contributed by atoms with Gasteiger partial charge in [-0.1, -0.05) is 55.1 Å². The maximum absolute atomic E-state index is 6.25. The quantitative estimate of drug-likeness (QED) is 0.306. The fraction of sp³-hybridized carbons (Fsp3) is 0.238. The summed E-state index contributed by atoms with van der Waals surface area (Å²) in [6.07, 6.45) is 4.75. The van der Waals surface area contributed by atoms with Crippen molar-refractivity contribution in [3.05, 3.63) is 81.4 Å². The first-order chi connectivity index (χ1) is 12.6. The van der Waals surface area contributed by atoms with Gasteiger partial charge in [-0.3, -0.25) is 0 Å². The lowest BCUT2D eigenvalue weighted by molar-refractivity contribution is 0.300. The summed E-state index contributed by atoms with van der Waals surface area (Å²) in [5.74, 6) is 0.448. The van der Waals surface area contributed by atoms with Gasteiger partial charge in [0.25, 0.3) is 0 Å². The summed E-state index contributed by atoms with van der Waals surface area (Å²) < 4.78 is 2.29. The Morgan fingerprint density at radius 3 is 2.54 bits per heavy atom. The predicted octanol–water partition coefficient (Wildman–Crippen LogP) is 7.41. The summed E-state index contributed by atoms with van der Waals surface area (Å²) in [5, 5.41) is 3.72. The molecule has 3 heterocycles. The zero-order valence-electron chi connectivity index (χ0n) is 15.0. The minimum atomic E-state index is 0.448. The fourth-order valence-electron chi connectivity index (χ4n) is 3.08. The zero-order valence-corrected chi connectivity index (χ0v) is 18.2. The van der Waals surface area contributed by atoms with E-state index in [0.717, 1.165) is 17.4 Å². The Labute approximate surface area is 174 Å². The van der Waals surface area contributed by atoms with E-state index in [-0.39, 0.29) is 0 Å². The van der Waals surface area contributed by atoms with Crippen LogP contribution in [0.1, 0.15) is 21.9 Å². The summed E-state index contributed by atoms with van der Waals surface area (Å²) in [7, 11) is 2.19. The van der Waals surface area contributed by atoms with E-state index >= 15 is 0 Å². The molecular formula is C21H23Cl2NS2. The molecule has 1 unspecified atom stereocenters. The van der Waals surface area contributed by atoms with E-state index in [9.17, 15) is 0 Å². The van der Waals surface area contributed by atoms with Gasteiger partial charge in [0.05, 0.1) is 4.34 Å². The number of benzene rings is 1. The van der Waals surface area contributed by atoms with Crippen LogP contribution in [0.25, 0.3) is 10.1 Å². The lowest BCUT2D eigenvalue weighted by Gasteiger charge is -2.30. The molecule has 26 heavy (non-hydrogen) atoms. The van der Waals surface area contributed by atoms with Crippen molar-refractivity contribution in [2.75, 3.05) is 20.0 Å². The Morgan fingerprint density at radius 2 is 1.85 bits per heavy atom. The monoisotopic (exact) mass is 423 g/mol. The molecular weight excluding hydrogens is 401 g/mol. The summed E-state index contributed by atoms with van der Waals surface area (Å²) in [4.78, 5) is 3.82. The first-order valence-corrected chi connectivity index (χ1v) is 11.0. The number of fused-ring (bicyclic) bond motifs is 2. The maximum Gasteiger partial charge on any atom is 0.0934 e. The van der Waals surface area contributed by atoms with Crippen molar-refractivity contribution in [2.24, 2.45) is 0 Å². The maximum atomic E-state index is 6.25. The summed E-state index contributed by atoms with van der Waals surface area (Å²) in [6, 6.07) is 10.9. The number of hydrogen-bond acceptors (Lipinski definition) is 3. The molecule has 1 aliphatic rings. The highest BCUT2D eigenvalue weighted by molar-refractivity contribution is 7.17. The highest BCUT2D eigenvalue weighted by Crippen LogP contribution is 2.42. The third-order valence-corrected chi connectivity index (χ3v) is 6.39. The second kappa shape index (κ2) is 10.3. The average Bonchev–Trinajstić information content (AvgIpc) is 3.25. The van der Waals surface area contributed by atoms with Crippen molar-refractivity contribution < 1.29 is 0 Å². The summed E-state index contributed by atoms with van der Waals surface area (Å²) >= 11 is 14.5. The predicted molar refractivity (Wildman–Crippen MR) is 122 cm³/mol. The van der Waals surface area contributed by atoms with Crippen molar-refractivity contribution in [3.8, 4) is 0 Å². The molecule has 0 aliphatic carbocycles. The van der Waals surface area contributed by atoms with Crippen molar-refractivity contribution in [3.63, 3.8) is 0 Å². The molecule has 2 aromatic heterocycles. The fourth-order valence-corrected chi connectivity index (χ4v) is 5.52. The third-order valence-electron chi connectivity index (χ3n) is 4.15. The topological polar surface area (TPSA) is 3.24 Å². The van der Waals surface area contributed by atoms with Crippen LogP contribution in [-0.2, 0) is 6.54 Å². The molecule has 0 saturated carbocycles. The number of thiophene rings is 2. The minimum absolute atomic E-state index is 0.448. The lowest BCUT2D eigenvalue weighted by Crippen LogP contribution is -2.29. The molecule has 0 spiro atoms. The summed E-state index contributed by atoms with van der Waals surface area (Å²) in [5.41, 5.74) is 2.88. The van der Waals surface area contributed by atoms with Gasteiger partial charge < -0.3 is 4.90 Å². The van der Waals surface area contributed by atoms with Crippen molar-refractivity contribution >= 4 is 56.0 Å². The smallest absolute Gasteiger partial charge is 0.0934 e. The number of nitrogens with zero attached hydrogens (tertiary/aromatic N) is 1. The minimum Gasteiger partial charge on any atom is -0.300 e. The third kappa shape index (κ3) is 4.79. The van der Waals surface area contributed by atoms with Gasteiger partial charge in [-0.2, -0.15) is 0 Å². The number of alkyl halides is 1. The van der Waals surface area contributed by atoms with Gasteiger partial charge in [0.2, 0.25) is 0 Å². The molecule has 5 heteroatoms. The first kappa shape index (κ1) is 21.2. The highest BCUT2D eigenvalue weighted by atomic mass is 35.5. The van der Waals surface area contributed by atoms with Gasteiger partial charge in [-0.15, -0.1) is 34.3 Å². The van der Waals surface area contributed by atoms with Crippen LogP contribution in [0.5, 0.6) is 0 Å². The number of likely N-dealkylation sites (N-methyl/N-ethyl adjacent to an activating group) is 1. The molecule has 4 rings (SSSR count). The molecule has 0 bridgehead atoms. The molecule has 0 fully saturated rings. The Morgan fingerprint density at radius 1 is 1.15 bits per heavy atom. The Bertz CT molecular complexity index is 860. The Balaban J connectivity index is 0.000000361. The van der Waals surface area contributed by atoms with Crippen LogP contribution in [0.3, 0.4) is 0 Å². The van der Waals surface area contributed by atoms with Gasteiger partial charge in [-0.05, 0) is 41.1 Å². The van der Waals surface area contributed by atoms with Crippen LogP contribution in [-0.4, -0.2) is 24.9 Å². The number of hydrogen-bond donors (Lipinski definition) is 0. The molecule has 0 amide bonds. The van der Waals surface area contributed by atoms with E-state index in [1.165, 1.54) is 32.5 Å². The highest BCUT2D eigenvalue weighted by Gasteiger charge is 2.28. The molecule has 3 aromatic rings. The van der Waals surface area contributed by atoms with Crippen LogP contribution in [0.2, 0.25) is 4.34 Å². The molecule has 1 aliphatic heterocycles. The molecule has 138 valence electrons. The molecule has 0 saturated heterocycles. The zero-order chi connectivity index (χ0) is 19.1. The Kier molecular flexibility index (Phi) is 8.39. The van der Waals surface area contributed by atoms with Crippen LogP contribution >= 0.6 is 45.9 Å². The summed E-state index contributed by atoms with van der Waals surface area (Å²) in [6.45, 7) is 8.81. The second-order valence-electron chi connectivity index (χ2n) is 5.84. The van der Waals surface area contributed by atoms with E-state index in [1.54, 1.807) is 23.5 Å². The van der Waals surface area contributed by atoms with E-state index < -0.39 is 0 Å².